The lowest BCUT2D eigenvalue weighted by Crippen LogP contribution is -2.06. The molecule has 3 heteroatoms. The number of benzene rings is 1. The fraction of sp³-hybridized carbons (Fsp3) is 0.176. The van der Waals surface area contributed by atoms with Crippen LogP contribution in [-0.2, 0) is 0 Å². The summed E-state index contributed by atoms with van der Waals surface area (Å²) in [6.45, 7) is 4.15. The smallest absolute Gasteiger partial charge is 0.0740 e. The summed E-state index contributed by atoms with van der Waals surface area (Å²) in [6.07, 6.45) is 3.93. The minimum atomic E-state index is 0.217. The highest BCUT2D eigenvalue weighted by atomic mass is 15.3. The van der Waals surface area contributed by atoms with Crippen LogP contribution in [-0.4, -0.2) is 14.8 Å². The van der Waals surface area contributed by atoms with Gasteiger partial charge in [0.05, 0.1) is 17.9 Å². The fourth-order valence-electron chi connectivity index (χ4n) is 2.27. The van der Waals surface area contributed by atoms with E-state index in [1.54, 1.807) is 0 Å². The Morgan fingerprint density at radius 2 is 1.80 bits per heavy atom. The molecule has 0 saturated carbocycles. The molecule has 0 radical (unpaired) electrons. The molecule has 1 aromatic carbocycles. The van der Waals surface area contributed by atoms with Gasteiger partial charge in [-0.05, 0) is 31.5 Å². The van der Waals surface area contributed by atoms with Gasteiger partial charge in [-0.2, -0.15) is 5.10 Å². The predicted molar refractivity (Wildman–Crippen MR) is 80.5 cm³/mol. The first-order valence-electron chi connectivity index (χ1n) is 6.77. The standard InChI is InChI=1S/C17H17N3/c1-13-7-6-10-17(19-13)16-11-18-20(12-16)14(2)15-8-4-3-5-9-15/h3-12,14H,1-2H3. The van der Waals surface area contributed by atoms with Crippen LogP contribution in [0.15, 0.2) is 60.9 Å². The Kier molecular flexibility index (Phi) is 3.33. The van der Waals surface area contributed by atoms with Crippen molar-refractivity contribution in [2.24, 2.45) is 0 Å². The minimum absolute atomic E-state index is 0.217. The first-order valence-corrected chi connectivity index (χ1v) is 6.77. The molecule has 3 rings (SSSR count). The molecule has 0 spiro atoms. The van der Waals surface area contributed by atoms with Crippen LogP contribution in [0.1, 0.15) is 24.2 Å². The molecule has 100 valence electrons. The highest BCUT2D eigenvalue weighted by molar-refractivity contribution is 5.56. The zero-order valence-electron chi connectivity index (χ0n) is 11.7. The van der Waals surface area contributed by atoms with Gasteiger partial charge in [0.25, 0.3) is 0 Å². The Morgan fingerprint density at radius 3 is 2.55 bits per heavy atom. The molecule has 0 fully saturated rings. The van der Waals surface area contributed by atoms with E-state index in [1.165, 1.54) is 5.56 Å². The number of hydrogen-bond acceptors (Lipinski definition) is 2. The highest BCUT2D eigenvalue weighted by Crippen LogP contribution is 2.21. The predicted octanol–water partition coefficient (Wildman–Crippen LogP) is 3.86. The Morgan fingerprint density at radius 1 is 1.00 bits per heavy atom. The number of aryl methyl sites for hydroxylation is 1. The molecule has 2 heterocycles. The molecule has 0 amide bonds. The summed E-state index contributed by atoms with van der Waals surface area (Å²) in [6, 6.07) is 16.6. The molecule has 0 aliphatic heterocycles. The van der Waals surface area contributed by atoms with Gasteiger partial charge in [-0.1, -0.05) is 36.4 Å². The molecule has 3 aromatic rings. The maximum atomic E-state index is 4.54. The van der Waals surface area contributed by atoms with E-state index < -0.39 is 0 Å². The lowest BCUT2D eigenvalue weighted by atomic mass is 10.1. The second-order valence-corrected chi connectivity index (χ2v) is 4.96. The van der Waals surface area contributed by atoms with Gasteiger partial charge in [-0.3, -0.25) is 9.67 Å². The van der Waals surface area contributed by atoms with E-state index in [9.17, 15) is 0 Å². The number of aromatic nitrogens is 3. The Labute approximate surface area is 118 Å². The molecular weight excluding hydrogens is 246 g/mol. The van der Waals surface area contributed by atoms with Crippen molar-refractivity contribution in [1.82, 2.24) is 14.8 Å². The van der Waals surface area contributed by atoms with Crippen LogP contribution < -0.4 is 0 Å². The van der Waals surface area contributed by atoms with Crippen molar-refractivity contribution in [3.63, 3.8) is 0 Å². The summed E-state index contributed by atoms with van der Waals surface area (Å²) in [7, 11) is 0. The molecule has 0 saturated heterocycles. The van der Waals surface area contributed by atoms with E-state index in [-0.39, 0.29) is 6.04 Å². The van der Waals surface area contributed by atoms with E-state index in [1.807, 2.05) is 42.1 Å². The van der Waals surface area contributed by atoms with Crippen LogP contribution in [0.2, 0.25) is 0 Å². The monoisotopic (exact) mass is 263 g/mol. The molecule has 1 atom stereocenters. The second-order valence-electron chi connectivity index (χ2n) is 4.96. The largest absolute Gasteiger partial charge is 0.265 e. The lowest BCUT2D eigenvalue weighted by molar-refractivity contribution is 0.565. The third-order valence-electron chi connectivity index (χ3n) is 3.46. The van der Waals surface area contributed by atoms with Gasteiger partial charge in [0, 0.05) is 17.5 Å². The van der Waals surface area contributed by atoms with E-state index in [0.717, 1.165) is 17.0 Å². The van der Waals surface area contributed by atoms with Crippen molar-refractivity contribution >= 4 is 0 Å². The van der Waals surface area contributed by atoms with Gasteiger partial charge in [0.1, 0.15) is 0 Å². The third kappa shape index (κ3) is 2.48. The average molecular weight is 263 g/mol. The number of nitrogens with zero attached hydrogens (tertiary/aromatic N) is 3. The molecule has 0 aliphatic rings. The third-order valence-corrected chi connectivity index (χ3v) is 3.46. The summed E-state index contributed by atoms with van der Waals surface area (Å²) in [4.78, 5) is 4.54. The van der Waals surface area contributed by atoms with Crippen molar-refractivity contribution in [2.75, 3.05) is 0 Å². The van der Waals surface area contributed by atoms with E-state index >= 15 is 0 Å². The van der Waals surface area contributed by atoms with Gasteiger partial charge < -0.3 is 0 Å². The van der Waals surface area contributed by atoms with Crippen LogP contribution in [0.3, 0.4) is 0 Å². The second kappa shape index (κ2) is 5.29. The number of hydrogen-bond donors (Lipinski definition) is 0. The maximum Gasteiger partial charge on any atom is 0.0740 e. The van der Waals surface area contributed by atoms with Crippen LogP contribution in [0.5, 0.6) is 0 Å². The maximum absolute atomic E-state index is 4.54. The quantitative estimate of drug-likeness (QED) is 0.718. The van der Waals surface area contributed by atoms with E-state index in [4.69, 9.17) is 0 Å². The van der Waals surface area contributed by atoms with Gasteiger partial charge in [-0.25, -0.2) is 0 Å². The van der Waals surface area contributed by atoms with Gasteiger partial charge >= 0.3 is 0 Å². The Hall–Kier alpha value is -2.42. The molecular formula is C17H17N3. The van der Waals surface area contributed by atoms with Gasteiger partial charge in [-0.15, -0.1) is 0 Å². The summed E-state index contributed by atoms with van der Waals surface area (Å²) in [5, 5.41) is 4.48. The summed E-state index contributed by atoms with van der Waals surface area (Å²) in [5.41, 5.74) is 4.29. The summed E-state index contributed by atoms with van der Waals surface area (Å²) in [5.74, 6) is 0. The summed E-state index contributed by atoms with van der Waals surface area (Å²) < 4.78 is 1.98. The molecule has 0 bridgehead atoms. The SMILES string of the molecule is Cc1cccc(-c2cnn(C(C)c3ccccc3)c2)n1. The first-order chi connectivity index (χ1) is 9.74. The van der Waals surface area contributed by atoms with Crippen molar-refractivity contribution < 1.29 is 0 Å². The molecule has 3 nitrogen and oxygen atoms in total. The summed E-state index contributed by atoms with van der Waals surface area (Å²) >= 11 is 0. The van der Waals surface area contributed by atoms with E-state index in [0.29, 0.717) is 0 Å². The van der Waals surface area contributed by atoms with Crippen LogP contribution in [0.25, 0.3) is 11.3 Å². The van der Waals surface area contributed by atoms with Crippen molar-refractivity contribution in [3.05, 3.63) is 72.2 Å². The molecule has 2 aromatic heterocycles. The number of rotatable bonds is 3. The first kappa shape index (κ1) is 12.6. The van der Waals surface area contributed by atoms with Crippen LogP contribution >= 0.6 is 0 Å². The number of pyridine rings is 1. The zero-order chi connectivity index (χ0) is 13.9. The average Bonchev–Trinajstić information content (AvgIpc) is 2.97. The Balaban J connectivity index is 1.91. The molecule has 1 unspecified atom stereocenters. The van der Waals surface area contributed by atoms with E-state index in [2.05, 4.69) is 47.5 Å². The molecule has 20 heavy (non-hydrogen) atoms. The van der Waals surface area contributed by atoms with Crippen molar-refractivity contribution in [3.8, 4) is 11.3 Å². The normalized spacial score (nSPS) is 12.3. The Bertz CT molecular complexity index is 701. The lowest BCUT2D eigenvalue weighted by Gasteiger charge is -2.12. The van der Waals surface area contributed by atoms with Crippen LogP contribution in [0, 0.1) is 6.92 Å². The zero-order valence-corrected chi connectivity index (χ0v) is 11.7. The van der Waals surface area contributed by atoms with Crippen molar-refractivity contribution in [1.29, 1.82) is 0 Å². The topological polar surface area (TPSA) is 30.7 Å². The highest BCUT2D eigenvalue weighted by Gasteiger charge is 2.10. The van der Waals surface area contributed by atoms with Crippen LogP contribution in [0.4, 0.5) is 0 Å². The molecule has 0 N–H and O–H groups in total. The minimum Gasteiger partial charge on any atom is -0.265 e. The van der Waals surface area contributed by atoms with Gasteiger partial charge in [0.2, 0.25) is 0 Å². The fourth-order valence-corrected chi connectivity index (χ4v) is 2.27. The van der Waals surface area contributed by atoms with Gasteiger partial charge in [0.15, 0.2) is 0 Å². The molecule has 0 aliphatic carbocycles. The van der Waals surface area contributed by atoms with Crippen molar-refractivity contribution in [2.45, 2.75) is 19.9 Å².